The molecule has 0 radical (unpaired) electrons. The van der Waals surface area contributed by atoms with Crippen LogP contribution in [0.25, 0.3) is 76.5 Å². The van der Waals surface area contributed by atoms with Gasteiger partial charge in [0.25, 0.3) is 0 Å². The van der Waals surface area contributed by atoms with Crippen molar-refractivity contribution in [1.29, 1.82) is 0 Å². The van der Waals surface area contributed by atoms with Crippen molar-refractivity contribution in [2.45, 2.75) is 33.9 Å². The van der Waals surface area contributed by atoms with Crippen LogP contribution >= 0.6 is 24.4 Å². The van der Waals surface area contributed by atoms with Crippen molar-refractivity contribution in [3.8, 4) is 33.4 Å². The summed E-state index contributed by atoms with van der Waals surface area (Å²) in [6.45, 7) is 4.77. The number of anilines is 6. The molecule has 0 saturated heterocycles. The van der Waals surface area contributed by atoms with Crippen molar-refractivity contribution in [1.82, 2.24) is 0 Å². The Morgan fingerprint density at radius 2 is 1.03 bits per heavy atom. The predicted octanol–water partition coefficient (Wildman–Crippen LogP) is 19.6. The van der Waals surface area contributed by atoms with Crippen molar-refractivity contribution in [2.24, 2.45) is 0 Å². The van der Waals surface area contributed by atoms with E-state index in [0.29, 0.717) is 0 Å². The second-order valence-corrected chi connectivity index (χ2v) is 20.9. The van der Waals surface area contributed by atoms with Gasteiger partial charge in [-0.15, -0.1) is 12.6 Å². The van der Waals surface area contributed by atoms with Gasteiger partial charge < -0.3 is 9.80 Å². The zero-order valence-corrected chi connectivity index (χ0v) is 41.0. The Balaban J connectivity index is 1.14. The average molecular weight is 943 g/mol. The van der Waals surface area contributed by atoms with Crippen molar-refractivity contribution in [3.05, 3.63) is 248 Å². The minimum Gasteiger partial charge on any atom is -0.309 e. The van der Waals surface area contributed by atoms with E-state index in [0.717, 1.165) is 27.6 Å². The largest absolute Gasteiger partial charge is 0.309 e. The summed E-state index contributed by atoms with van der Waals surface area (Å²) in [5.74, 6) is 0. The summed E-state index contributed by atoms with van der Waals surface area (Å²) in [4.78, 5) is 8.22. The van der Waals surface area contributed by atoms with Crippen LogP contribution in [0.15, 0.2) is 251 Å². The van der Waals surface area contributed by atoms with E-state index in [1.807, 2.05) is 11.8 Å². The van der Waals surface area contributed by atoms with Gasteiger partial charge in [0.1, 0.15) is 0 Å². The molecule has 71 heavy (non-hydrogen) atoms. The topological polar surface area (TPSA) is 6.48 Å². The highest BCUT2D eigenvalue weighted by atomic mass is 32.2. The molecule has 0 amide bonds. The molecule has 1 aliphatic heterocycles. The highest BCUT2D eigenvalue weighted by Gasteiger charge is 2.36. The third kappa shape index (κ3) is 6.52. The lowest BCUT2D eigenvalue weighted by Gasteiger charge is -2.33. The van der Waals surface area contributed by atoms with E-state index in [4.69, 9.17) is 12.6 Å². The molecular formula is C67H46N2S2. The van der Waals surface area contributed by atoms with Crippen molar-refractivity contribution >= 4 is 102 Å². The maximum atomic E-state index is 5.08. The summed E-state index contributed by atoms with van der Waals surface area (Å²) in [6, 6.07) is 87.7. The first-order valence-corrected chi connectivity index (χ1v) is 25.7. The SMILES string of the molecule is CC1(C)c2ccccc2-c2ccc(-c3c4cc(N(c5ccccc5)c5ccccc5S)ccc4c(-c4cc5ccccc5c5ccccc45)c4cc(N5c6ccccc6Sc6ccccc65)ccc34)cc21. The van der Waals surface area contributed by atoms with Crippen molar-refractivity contribution < 1.29 is 0 Å². The number of thiol groups is 1. The fourth-order valence-corrected chi connectivity index (χ4v) is 13.2. The zero-order valence-electron chi connectivity index (χ0n) is 39.3. The molecule has 12 aromatic rings. The standard InChI is InChI=1S/C67H46N2S2/c1-67(2)57-25-11-10-24-50(57)51-35-32-43(39-58(51)67)65-52-36-34-46(69-60-27-13-16-30-63(60)71-64-31-17-14-28-61(64)69)41-56(52)66(54-38-42-18-6-7-21-47(42)48-22-8-9-23-49(48)54)53-37-33-45(40-55(53)65)68(44-19-4-3-5-20-44)59-26-12-15-29-62(59)70/h3-41,70H,1-2H3. The van der Waals surface area contributed by atoms with Gasteiger partial charge in [0.05, 0.1) is 17.1 Å². The van der Waals surface area contributed by atoms with Crippen LogP contribution in [0.3, 0.4) is 0 Å². The molecule has 0 aromatic heterocycles. The van der Waals surface area contributed by atoms with Crippen LogP contribution in [0.4, 0.5) is 34.1 Å². The van der Waals surface area contributed by atoms with Crippen LogP contribution in [-0.2, 0) is 5.41 Å². The summed E-state index contributed by atoms with van der Waals surface area (Å²) in [5.41, 5.74) is 16.7. The van der Waals surface area contributed by atoms with E-state index in [1.165, 1.54) is 109 Å². The first kappa shape index (κ1) is 41.9. The molecule has 0 atom stereocenters. The minimum absolute atomic E-state index is 0.177. The van der Waals surface area contributed by atoms with Crippen LogP contribution in [-0.4, -0.2) is 0 Å². The molecule has 0 N–H and O–H groups in total. The number of hydrogen-bond acceptors (Lipinski definition) is 4. The Hall–Kier alpha value is -8.02. The molecule has 336 valence electrons. The maximum Gasteiger partial charge on any atom is 0.0601 e. The average Bonchev–Trinajstić information content (AvgIpc) is 3.65. The van der Waals surface area contributed by atoms with Crippen LogP contribution in [0, 0.1) is 0 Å². The maximum absolute atomic E-state index is 5.08. The zero-order chi connectivity index (χ0) is 47.4. The van der Waals surface area contributed by atoms with Crippen molar-refractivity contribution in [2.75, 3.05) is 9.80 Å². The second-order valence-electron chi connectivity index (χ2n) is 19.4. The number of para-hydroxylation sites is 4. The molecule has 4 heteroatoms. The van der Waals surface area contributed by atoms with Gasteiger partial charge >= 0.3 is 0 Å². The Bertz CT molecular complexity index is 4110. The normalized spacial score (nSPS) is 13.3. The number of benzene rings is 12. The molecule has 14 rings (SSSR count). The van der Waals surface area contributed by atoms with Gasteiger partial charge in [-0.3, -0.25) is 0 Å². The van der Waals surface area contributed by atoms with E-state index in [-0.39, 0.29) is 5.41 Å². The molecule has 0 unspecified atom stereocenters. The fraction of sp³-hybridized carbons (Fsp3) is 0.0448. The molecule has 2 nitrogen and oxygen atoms in total. The summed E-state index contributed by atoms with van der Waals surface area (Å²) in [6.07, 6.45) is 0. The second kappa shape index (κ2) is 16.3. The lowest BCUT2D eigenvalue weighted by atomic mass is 9.80. The smallest absolute Gasteiger partial charge is 0.0601 e. The Kier molecular flexibility index (Phi) is 9.61. The van der Waals surface area contributed by atoms with Crippen LogP contribution < -0.4 is 9.80 Å². The third-order valence-corrected chi connectivity index (χ3v) is 16.6. The summed E-state index contributed by atoms with van der Waals surface area (Å²) < 4.78 is 0. The van der Waals surface area contributed by atoms with Crippen molar-refractivity contribution in [3.63, 3.8) is 0 Å². The molecule has 0 bridgehead atoms. The monoisotopic (exact) mass is 942 g/mol. The number of fused-ring (bicyclic) bond motifs is 10. The number of hydrogen-bond donors (Lipinski definition) is 1. The fourth-order valence-electron chi connectivity index (χ4n) is 11.8. The van der Waals surface area contributed by atoms with E-state index >= 15 is 0 Å². The van der Waals surface area contributed by atoms with Crippen LogP contribution in [0.5, 0.6) is 0 Å². The van der Waals surface area contributed by atoms with Gasteiger partial charge in [-0.05, 0) is 173 Å². The lowest BCUT2D eigenvalue weighted by molar-refractivity contribution is 0.660. The Morgan fingerprint density at radius 1 is 0.408 bits per heavy atom. The first-order valence-electron chi connectivity index (χ1n) is 24.4. The minimum atomic E-state index is -0.177. The van der Waals surface area contributed by atoms with E-state index < -0.39 is 0 Å². The quantitative estimate of drug-likeness (QED) is 0.101. The van der Waals surface area contributed by atoms with Gasteiger partial charge in [0, 0.05) is 37.2 Å². The first-order chi connectivity index (χ1) is 34.9. The van der Waals surface area contributed by atoms with E-state index in [1.54, 1.807) is 0 Å². The molecule has 12 aromatic carbocycles. The van der Waals surface area contributed by atoms with Gasteiger partial charge in [-0.25, -0.2) is 0 Å². The Morgan fingerprint density at radius 3 is 1.83 bits per heavy atom. The van der Waals surface area contributed by atoms with Gasteiger partial charge in [0.2, 0.25) is 0 Å². The van der Waals surface area contributed by atoms with Crippen LogP contribution in [0.2, 0.25) is 0 Å². The highest BCUT2D eigenvalue weighted by molar-refractivity contribution is 7.99. The van der Waals surface area contributed by atoms with E-state index in [9.17, 15) is 0 Å². The van der Waals surface area contributed by atoms with Crippen LogP contribution in [0.1, 0.15) is 25.0 Å². The molecule has 0 spiro atoms. The molecular weight excluding hydrogens is 897 g/mol. The lowest BCUT2D eigenvalue weighted by Crippen LogP contribution is -2.15. The van der Waals surface area contributed by atoms with Gasteiger partial charge in [-0.1, -0.05) is 177 Å². The number of rotatable bonds is 6. The predicted molar refractivity (Wildman–Crippen MR) is 306 cm³/mol. The third-order valence-electron chi connectivity index (χ3n) is 15.1. The molecule has 1 heterocycles. The van der Waals surface area contributed by atoms with E-state index in [2.05, 4.69) is 260 Å². The summed E-state index contributed by atoms with van der Waals surface area (Å²) in [7, 11) is 0. The number of nitrogens with zero attached hydrogens (tertiary/aromatic N) is 2. The van der Waals surface area contributed by atoms with Gasteiger partial charge in [-0.2, -0.15) is 0 Å². The highest BCUT2D eigenvalue weighted by Crippen LogP contribution is 2.56. The Labute approximate surface area is 423 Å². The summed E-state index contributed by atoms with van der Waals surface area (Å²) >= 11 is 6.93. The molecule has 2 aliphatic rings. The summed E-state index contributed by atoms with van der Waals surface area (Å²) in [5, 5.41) is 9.73. The molecule has 0 saturated carbocycles. The molecule has 1 aliphatic carbocycles. The van der Waals surface area contributed by atoms with Gasteiger partial charge in [0.15, 0.2) is 0 Å². The molecule has 0 fully saturated rings.